The molecule has 0 saturated heterocycles. The van der Waals surface area contributed by atoms with E-state index < -0.39 is 0 Å². The van der Waals surface area contributed by atoms with Crippen molar-refractivity contribution in [2.24, 2.45) is 0 Å². The molecule has 0 atom stereocenters. The van der Waals surface area contributed by atoms with E-state index in [4.69, 9.17) is 4.42 Å². The highest BCUT2D eigenvalue weighted by Gasteiger charge is 1.98. The first-order chi connectivity index (χ1) is 9.24. The maximum Gasteiger partial charge on any atom is 0.244 e. The average Bonchev–Trinajstić information content (AvgIpc) is 2.91. The van der Waals surface area contributed by atoms with Crippen LogP contribution in [-0.4, -0.2) is 12.5 Å². The van der Waals surface area contributed by atoms with E-state index >= 15 is 0 Å². The zero-order valence-electron chi connectivity index (χ0n) is 10.3. The molecule has 0 spiro atoms. The first kappa shape index (κ1) is 13.1. The van der Waals surface area contributed by atoms with Gasteiger partial charge in [0.2, 0.25) is 5.91 Å². The van der Waals surface area contributed by atoms with Gasteiger partial charge in [-0.2, -0.15) is 0 Å². The van der Waals surface area contributed by atoms with Crippen LogP contribution in [0.1, 0.15) is 11.3 Å². The fourth-order valence-electron chi connectivity index (χ4n) is 1.57. The van der Waals surface area contributed by atoms with Gasteiger partial charge in [0.1, 0.15) is 11.6 Å². The van der Waals surface area contributed by atoms with Crippen molar-refractivity contribution in [3.8, 4) is 0 Å². The highest BCUT2D eigenvalue weighted by atomic mass is 19.1. The van der Waals surface area contributed by atoms with Crippen LogP contribution in [0.15, 0.2) is 53.2 Å². The van der Waals surface area contributed by atoms with Gasteiger partial charge in [-0.1, -0.05) is 12.1 Å². The van der Waals surface area contributed by atoms with Gasteiger partial charge in [-0.05, 0) is 35.9 Å². The lowest BCUT2D eigenvalue weighted by Crippen LogP contribution is -2.23. The van der Waals surface area contributed by atoms with Crippen molar-refractivity contribution in [1.82, 2.24) is 5.32 Å². The van der Waals surface area contributed by atoms with E-state index in [2.05, 4.69) is 5.32 Å². The molecular formula is C15H14FNO2. The summed E-state index contributed by atoms with van der Waals surface area (Å²) in [5.41, 5.74) is 0.780. The predicted molar refractivity (Wildman–Crippen MR) is 70.9 cm³/mol. The number of halogens is 1. The Kier molecular flexibility index (Phi) is 4.50. The summed E-state index contributed by atoms with van der Waals surface area (Å²) in [6.07, 6.45) is 5.33. The summed E-state index contributed by atoms with van der Waals surface area (Å²) < 4.78 is 17.8. The number of nitrogens with one attached hydrogen (secondary N) is 1. The number of carbonyl (C=O) groups excluding carboxylic acids is 1. The summed E-state index contributed by atoms with van der Waals surface area (Å²) in [6.45, 7) is 0.514. The molecule has 0 unspecified atom stereocenters. The van der Waals surface area contributed by atoms with Crippen LogP contribution in [0.4, 0.5) is 4.39 Å². The van der Waals surface area contributed by atoms with Crippen LogP contribution in [0, 0.1) is 5.82 Å². The summed E-state index contributed by atoms with van der Waals surface area (Å²) in [4.78, 5) is 11.5. The lowest BCUT2D eigenvalue weighted by Gasteiger charge is -1.99. The minimum atomic E-state index is -0.292. The van der Waals surface area contributed by atoms with E-state index in [1.165, 1.54) is 18.2 Å². The Morgan fingerprint density at radius 2 is 2.05 bits per heavy atom. The van der Waals surface area contributed by atoms with Crippen molar-refractivity contribution in [2.45, 2.75) is 6.42 Å². The third kappa shape index (κ3) is 4.43. The molecule has 1 heterocycles. The van der Waals surface area contributed by atoms with Gasteiger partial charge in [-0.15, -0.1) is 0 Å². The Labute approximate surface area is 110 Å². The molecule has 0 aliphatic carbocycles. The smallest absolute Gasteiger partial charge is 0.244 e. The number of carbonyl (C=O) groups is 1. The largest absolute Gasteiger partial charge is 0.469 e. The zero-order chi connectivity index (χ0) is 13.5. The number of rotatable bonds is 5. The molecule has 1 aromatic heterocycles. The first-order valence-electron chi connectivity index (χ1n) is 5.98. The van der Waals surface area contributed by atoms with Crippen molar-refractivity contribution < 1.29 is 13.6 Å². The van der Waals surface area contributed by atoms with Crippen molar-refractivity contribution in [2.75, 3.05) is 6.54 Å². The van der Waals surface area contributed by atoms with Gasteiger partial charge in [-0.25, -0.2) is 4.39 Å². The van der Waals surface area contributed by atoms with E-state index in [0.29, 0.717) is 13.0 Å². The maximum atomic E-state index is 12.7. The lowest BCUT2D eigenvalue weighted by atomic mass is 10.2. The van der Waals surface area contributed by atoms with Gasteiger partial charge < -0.3 is 9.73 Å². The topological polar surface area (TPSA) is 42.2 Å². The van der Waals surface area contributed by atoms with Gasteiger partial charge >= 0.3 is 0 Å². The molecule has 2 aromatic rings. The SMILES string of the molecule is O=C(/C=C/c1ccc(F)cc1)NCCc1ccco1. The third-order valence-corrected chi connectivity index (χ3v) is 2.55. The highest BCUT2D eigenvalue weighted by Crippen LogP contribution is 2.04. The summed E-state index contributed by atoms with van der Waals surface area (Å²) in [5.74, 6) is 0.360. The average molecular weight is 259 g/mol. The second-order valence-electron chi connectivity index (χ2n) is 4.01. The molecule has 4 heteroatoms. The quantitative estimate of drug-likeness (QED) is 0.839. The Hall–Kier alpha value is -2.36. The van der Waals surface area contributed by atoms with Gasteiger partial charge in [0, 0.05) is 19.0 Å². The second kappa shape index (κ2) is 6.54. The van der Waals surface area contributed by atoms with Crippen molar-refractivity contribution >= 4 is 12.0 Å². The molecule has 19 heavy (non-hydrogen) atoms. The van der Waals surface area contributed by atoms with Crippen LogP contribution >= 0.6 is 0 Å². The Morgan fingerprint density at radius 1 is 1.26 bits per heavy atom. The van der Waals surface area contributed by atoms with Crippen molar-refractivity contribution in [3.63, 3.8) is 0 Å². The molecule has 1 N–H and O–H groups in total. The van der Waals surface area contributed by atoms with Crippen molar-refractivity contribution in [1.29, 1.82) is 0 Å². The molecule has 2 rings (SSSR count). The Bertz CT molecular complexity index is 544. The molecule has 0 aliphatic rings. The molecule has 0 fully saturated rings. The molecule has 0 bridgehead atoms. The van der Waals surface area contributed by atoms with Crippen molar-refractivity contribution in [3.05, 3.63) is 65.9 Å². The van der Waals surface area contributed by atoms with Gasteiger partial charge in [0.15, 0.2) is 0 Å². The molecule has 98 valence electrons. The molecular weight excluding hydrogens is 245 g/mol. The number of amides is 1. The van der Waals surface area contributed by atoms with Crippen LogP contribution in [0.2, 0.25) is 0 Å². The standard InChI is InChI=1S/C15H14FNO2/c16-13-6-3-12(4-7-13)5-8-15(18)17-10-9-14-2-1-11-19-14/h1-8,11H,9-10H2,(H,17,18)/b8-5+. The highest BCUT2D eigenvalue weighted by molar-refractivity contribution is 5.91. The predicted octanol–water partition coefficient (Wildman–Crippen LogP) is 2.79. The zero-order valence-corrected chi connectivity index (χ0v) is 10.3. The lowest BCUT2D eigenvalue weighted by molar-refractivity contribution is -0.116. The fraction of sp³-hybridized carbons (Fsp3) is 0.133. The molecule has 1 aromatic carbocycles. The fourth-order valence-corrected chi connectivity index (χ4v) is 1.57. The van der Waals surface area contributed by atoms with Gasteiger partial charge in [0.25, 0.3) is 0 Å². The summed E-state index contributed by atoms with van der Waals surface area (Å²) >= 11 is 0. The van der Waals surface area contributed by atoms with Crippen LogP contribution in [0.25, 0.3) is 6.08 Å². The van der Waals surface area contributed by atoms with Gasteiger partial charge in [0.05, 0.1) is 6.26 Å². The molecule has 0 aliphatic heterocycles. The number of hydrogen-bond acceptors (Lipinski definition) is 2. The number of hydrogen-bond donors (Lipinski definition) is 1. The van der Waals surface area contributed by atoms with Crippen LogP contribution in [-0.2, 0) is 11.2 Å². The molecule has 0 saturated carbocycles. The Morgan fingerprint density at radius 3 is 2.74 bits per heavy atom. The van der Waals surface area contributed by atoms with E-state index in [0.717, 1.165) is 11.3 Å². The minimum Gasteiger partial charge on any atom is -0.469 e. The summed E-state index contributed by atoms with van der Waals surface area (Å²) in [5, 5.41) is 2.74. The Balaban J connectivity index is 1.76. The molecule has 3 nitrogen and oxygen atoms in total. The summed E-state index contributed by atoms with van der Waals surface area (Å²) in [6, 6.07) is 9.61. The second-order valence-corrected chi connectivity index (χ2v) is 4.01. The van der Waals surface area contributed by atoms with Crippen LogP contribution < -0.4 is 5.32 Å². The molecule has 1 amide bonds. The maximum absolute atomic E-state index is 12.7. The van der Waals surface area contributed by atoms with E-state index in [1.807, 2.05) is 12.1 Å². The monoisotopic (exact) mass is 259 g/mol. The van der Waals surface area contributed by atoms with E-state index in [9.17, 15) is 9.18 Å². The number of furan rings is 1. The van der Waals surface area contributed by atoms with E-state index in [-0.39, 0.29) is 11.7 Å². The first-order valence-corrected chi connectivity index (χ1v) is 5.98. The normalized spacial score (nSPS) is 10.8. The van der Waals surface area contributed by atoms with Gasteiger partial charge in [-0.3, -0.25) is 4.79 Å². The third-order valence-electron chi connectivity index (χ3n) is 2.55. The molecule has 0 radical (unpaired) electrons. The summed E-state index contributed by atoms with van der Waals surface area (Å²) in [7, 11) is 0. The van der Waals surface area contributed by atoms with E-state index in [1.54, 1.807) is 24.5 Å². The van der Waals surface area contributed by atoms with Crippen LogP contribution in [0.3, 0.4) is 0 Å². The number of benzene rings is 1. The minimum absolute atomic E-state index is 0.184. The van der Waals surface area contributed by atoms with Crippen LogP contribution in [0.5, 0.6) is 0 Å².